The zero-order chi connectivity index (χ0) is 21.8. The molecule has 1 aliphatic heterocycles. The summed E-state index contributed by atoms with van der Waals surface area (Å²) in [7, 11) is 0. The van der Waals surface area contributed by atoms with Crippen molar-refractivity contribution >= 4 is 33.8 Å². The lowest BCUT2D eigenvalue weighted by Gasteiger charge is -2.26. The van der Waals surface area contributed by atoms with Crippen LogP contribution in [0.2, 0.25) is 0 Å². The zero-order valence-electron chi connectivity index (χ0n) is 18.4. The van der Waals surface area contributed by atoms with Crippen molar-refractivity contribution in [2.24, 2.45) is 0 Å². The second-order valence-corrected chi connectivity index (χ2v) is 9.16. The van der Waals surface area contributed by atoms with Crippen LogP contribution in [-0.2, 0) is 0 Å². The van der Waals surface area contributed by atoms with E-state index in [4.69, 9.17) is 9.47 Å². The van der Waals surface area contributed by atoms with Crippen LogP contribution < -0.4 is 9.47 Å². The molecule has 1 aliphatic rings. The van der Waals surface area contributed by atoms with E-state index in [2.05, 4.69) is 17.0 Å². The molecule has 0 atom stereocenters. The van der Waals surface area contributed by atoms with Gasteiger partial charge in [-0.1, -0.05) is 55.0 Å². The molecule has 2 heterocycles. The predicted octanol–water partition coefficient (Wildman–Crippen LogP) is 7.35. The molecule has 0 radical (unpaired) electrons. The summed E-state index contributed by atoms with van der Waals surface area (Å²) in [5.74, 6) is 2.42. The maximum Gasteiger partial charge on any atom is 0.157 e. The fraction of sp³-hybridized carbons (Fsp3) is 0.259. The number of likely N-dealkylation sites (tertiary alicyclic amines) is 1. The fourth-order valence-electron chi connectivity index (χ4n) is 4.22. The van der Waals surface area contributed by atoms with E-state index in [1.54, 1.807) is 23.5 Å². The Morgan fingerprint density at radius 3 is 2.30 bits per heavy atom. The molecule has 0 spiro atoms. The first-order valence-corrected chi connectivity index (χ1v) is 12.0. The molecule has 5 rings (SSSR count). The second kappa shape index (κ2) is 10.9. The van der Waals surface area contributed by atoms with Gasteiger partial charge in [0.25, 0.3) is 0 Å². The van der Waals surface area contributed by atoms with Crippen molar-refractivity contribution in [2.45, 2.75) is 19.3 Å². The SMILES string of the molecule is Cl.Oc1cc(OCCN2CCCCC2)c2c(Oc3ccccc3)c(-c3ccccc3)sc2c1. The van der Waals surface area contributed by atoms with Crippen LogP contribution >= 0.6 is 23.7 Å². The molecule has 0 bridgehead atoms. The Morgan fingerprint density at radius 1 is 0.879 bits per heavy atom. The molecule has 1 fully saturated rings. The molecule has 3 aromatic carbocycles. The maximum absolute atomic E-state index is 10.4. The number of benzene rings is 3. The van der Waals surface area contributed by atoms with Gasteiger partial charge in [-0.25, -0.2) is 0 Å². The molecule has 1 aromatic heterocycles. The van der Waals surface area contributed by atoms with E-state index in [0.29, 0.717) is 12.4 Å². The van der Waals surface area contributed by atoms with E-state index in [1.807, 2.05) is 48.5 Å². The van der Waals surface area contributed by atoms with Crippen molar-refractivity contribution < 1.29 is 14.6 Å². The molecule has 1 saturated heterocycles. The first kappa shape index (κ1) is 23.4. The summed E-state index contributed by atoms with van der Waals surface area (Å²) < 4.78 is 13.6. The monoisotopic (exact) mass is 481 g/mol. The number of rotatable bonds is 7. The molecule has 0 saturated carbocycles. The highest BCUT2D eigenvalue weighted by Gasteiger charge is 2.21. The van der Waals surface area contributed by atoms with E-state index in [9.17, 15) is 5.11 Å². The number of nitrogens with zero attached hydrogens (tertiary/aromatic N) is 1. The van der Waals surface area contributed by atoms with Crippen LogP contribution in [0.25, 0.3) is 20.5 Å². The van der Waals surface area contributed by atoms with Crippen molar-refractivity contribution in [2.75, 3.05) is 26.2 Å². The Morgan fingerprint density at radius 2 is 1.58 bits per heavy atom. The summed E-state index contributed by atoms with van der Waals surface area (Å²) in [6.07, 6.45) is 3.84. The van der Waals surface area contributed by atoms with Gasteiger partial charge in [0.2, 0.25) is 0 Å². The first-order chi connectivity index (χ1) is 15.8. The number of para-hydroxylation sites is 1. The molecule has 1 N–H and O–H groups in total. The lowest BCUT2D eigenvalue weighted by Crippen LogP contribution is -2.33. The molecule has 0 aliphatic carbocycles. The maximum atomic E-state index is 10.4. The third-order valence-electron chi connectivity index (χ3n) is 5.81. The topological polar surface area (TPSA) is 41.9 Å². The number of phenolic OH excluding ortho intramolecular Hbond substituents is 1. The fourth-order valence-corrected chi connectivity index (χ4v) is 5.40. The zero-order valence-corrected chi connectivity index (χ0v) is 20.0. The highest BCUT2D eigenvalue weighted by molar-refractivity contribution is 7.22. The van der Waals surface area contributed by atoms with Crippen molar-refractivity contribution in [1.29, 1.82) is 0 Å². The molecule has 4 aromatic rings. The lowest BCUT2D eigenvalue weighted by atomic mass is 10.1. The minimum absolute atomic E-state index is 0. The highest BCUT2D eigenvalue weighted by atomic mass is 35.5. The van der Waals surface area contributed by atoms with E-state index in [-0.39, 0.29) is 18.2 Å². The Balaban J connectivity index is 0.00000259. The summed E-state index contributed by atoms with van der Waals surface area (Å²) in [5.41, 5.74) is 1.08. The van der Waals surface area contributed by atoms with E-state index in [0.717, 1.165) is 51.7 Å². The van der Waals surface area contributed by atoms with Crippen molar-refractivity contribution in [3.05, 3.63) is 72.8 Å². The number of fused-ring (bicyclic) bond motifs is 1. The highest BCUT2D eigenvalue weighted by Crippen LogP contribution is 2.50. The van der Waals surface area contributed by atoms with Crippen molar-refractivity contribution in [1.82, 2.24) is 4.90 Å². The summed E-state index contributed by atoms with van der Waals surface area (Å²) in [6, 6.07) is 23.5. The van der Waals surface area contributed by atoms with Crippen LogP contribution in [0, 0.1) is 0 Å². The third-order valence-corrected chi connectivity index (χ3v) is 6.98. The minimum atomic E-state index is 0. The number of aromatic hydroxyl groups is 1. The standard InChI is InChI=1S/C27H27NO3S.ClH/c29-21-18-23(30-17-16-28-14-8-3-9-15-28)25-24(19-21)32-27(20-10-4-1-5-11-20)26(25)31-22-12-6-2-7-13-22;/h1-2,4-7,10-13,18-19,29H,3,8-9,14-17H2;1H. The van der Waals surface area contributed by atoms with Gasteiger partial charge >= 0.3 is 0 Å². The van der Waals surface area contributed by atoms with Gasteiger partial charge in [-0.15, -0.1) is 23.7 Å². The number of hydrogen-bond acceptors (Lipinski definition) is 5. The largest absolute Gasteiger partial charge is 0.508 e. The Labute approximate surface area is 204 Å². The van der Waals surface area contributed by atoms with Crippen LogP contribution in [0.4, 0.5) is 0 Å². The molecular formula is C27H28ClNO3S. The second-order valence-electron chi connectivity index (χ2n) is 8.11. The van der Waals surface area contributed by atoms with E-state index in [1.165, 1.54) is 19.3 Å². The quantitative estimate of drug-likeness (QED) is 0.299. The van der Waals surface area contributed by atoms with Crippen LogP contribution in [0.15, 0.2) is 72.8 Å². The first-order valence-electron chi connectivity index (χ1n) is 11.2. The number of phenols is 1. The number of piperidine rings is 1. The average Bonchev–Trinajstić information content (AvgIpc) is 3.19. The normalized spacial score (nSPS) is 14.1. The molecule has 172 valence electrons. The van der Waals surface area contributed by atoms with Gasteiger partial charge in [0.05, 0.1) is 10.3 Å². The Hall–Kier alpha value is -2.73. The number of hydrogen-bond donors (Lipinski definition) is 1. The molecular weight excluding hydrogens is 454 g/mol. The smallest absolute Gasteiger partial charge is 0.157 e. The van der Waals surface area contributed by atoms with Gasteiger partial charge in [0.1, 0.15) is 23.9 Å². The summed E-state index contributed by atoms with van der Waals surface area (Å²) in [6.45, 7) is 3.75. The third kappa shape index (κ3) is 5.44. The summed E-state index contributed by atoms with van der Waals surface area (Å²) >= 11 is 1.61. The number of halogens is 1. The molecule has 0 unspecified atom stereocenters. The summed E-state index contributed by atoms with van der Waals surface area (Å²) in [4.78, 5) is 3.48. The molecule has 4 nitrogen and oxygen atoms in total. The molecule has 0 amide bonds. The summed E-state index contributed by atoms with van der Waals surface area (Å²) in [5, 5.41) is 11.3. The average molecular weight is 482 g/mol. The van der Waals surface area contributed by atoms with Gasteiger partial charge in [-0.2, -0.15) is 0 Å². The van der Waals surface area contributed by atoms with Crippen LogP contribution in [-0.4, -0.2) is 36.2 Å². The minimum Gasteiger partial charge on any atom is -0.508 e. The van der Waals surface area contributed by atoms with Gasteiger partial charge in [-0.05, 0) is 49.7 Å². The van der Waals surface area contributed by atoms with Crippen molar-refractivity contribution in [3.63, 3.8) is 0 Å². The van der Waals surface area contributed by atoms with Crippen molar-refractivity contribution in [3.8, 4) is 33.4 Å². The lowest BCUT2D eigenvalue weighted by molar-refractivity contribution is 0.184. The van der Waals surface area contributed by atoms with Crippen LogP contribution in [0.3, 0.4) is 0 Å². The van der Waals surface area contributed by atoms with Crippen LogP contribution in [0.1, 0.15) is 19.3 Å². The Kier molecular flexibility index (Phi) is 7.76. The molecule has 33 heavy (non-hydrogen) atoms. The predicted molar refractivity (Wildman–Crippen MR) is 138 cm³/mol. The number of thiophene rings is 1. The van der Waals surface area contributed by atoms with Crippen LogP contribution in [0.5, 0.6) is 23.0 Å². The van der Waals surface area contributed by atoms with Gasteiger partial charge in [0.15, 0.2) is 5.75 Å². The Bertz CT molecular complexity index is 1170. The molecule has 6 heteroatoms. The van der Waals surface area contributed by atoms with Gasteiger partial charge in [0, 0.05) is 17.3 Å². The van der Waals surface area contributed by atoms with E-state index >= 15 is 0 Å². The van der Waals surface area contributed by atoms with E-state index < -0.39 is 0 Å². The van der Waals surface area contributed by atoms with Gasteiger partial charge in [-0.3, -0.25) is 4.90 Å². The van der Waals surface area contributed by atoms with Gasteiger partial charge < -0.3 is 14.6 Å². The number of ether oxygens (including phenoxy) is 2.